The molecule has 0 radical (unpaired) electrons. The van der Waals surface area contributed by atoms with E-state index >= 15 is 0 Å². The molecule has 1 aliphatic rings. The number of halogens is 1. The molecule has 0 fully saturated rings. The van der Waals surface area contributed by atoms with Crippen LogP contribution in [0.2, 0.25) is 0 Å². The Kier molecular flexibility index (Phi) is 4.37. The first-order chi connectivity index (χ1) is 10.7. The number of benzene rings is 2. The molecule has 0 unspecified atom stereocenters. The van der Waals surface area contributed by atoms with Gasteiger partial charge in [-0.3, -0.25) is 4.79 Å². The van der Waals surface area contributed by atoms with Gasteiger partial charge in [0.2, 0.25) is 0 Å². The molecule has 1 N–H and O–H groups in total. The van der Waals surface area contributed by atoms with Gasteiger partial charge in [-0.1, -0.05) is 12.1 Å². The molecule has 0 spiro atoms. The lowest BCUT2D eigenvalue weighted by Gasteiger charge is -2.19. The molecule has 3 rings (SSSR count). The van der Waals surface area contributed by atoms with Crippen LogP contribution in [-0.4, -0.2) is 12.5 Å². The van der Waals surface area contributed by atoms with E-state index in [2.05, 4.69) is 11.4 Å². The zero-order valence-corrected chi connectivity index (χ0v) is 12.3. The summed E-state index contributed by atoms with van der Waals surface area (Å²) >= 11 is 0. The van der Waals surface area contributed by atoms with E-state index in [-0.39, 0.29) is 18.3 Å². The zero-order chi connectivity index (χ0) is 15.4. The summed E-state index contributed by atoms with van der Waals surface area (Å²) in [7, 11) is 0. The van der Waals surface area contributed by atoms with Crippen LogP contribution >= 0.6 is 0 Å². The number of carbonyl (C=O) groups excluding carboxylic acids is 1. The Labute approximate surface area is 129 Å². The molecule has 22 heavy (non-hydrogen) atoms. The van der Waals surface area contributed by atoms with Crippen molar-refractivity contribution < 1.29 is 13.9 Å². The summed E-state index contributed by atoms with van der Waals surface area (Å²) in [5, 5.41) is 2.69. The van der Waals surface area contributed by atoms with Crippen LogP contribution in [0.4, 0.5) is 10.1 Å². The normalized spacial score (nSPS) is 13.3. The number of amides is 1. The summed E-state index contributed by atoms with van der Waals surface area (Å²) in [5.74, 6) is 0.219. The molecule has 1 aliphatic carbocycles. The maximum Gasteiger partial charge on any atom is 0.262 e. The maximum absolute atomic E-state index is 12.8. The number of hydrogen-bond donors (Lipinski definition) is 1. The molecular formula is C18H18FNO2. The van der Waals surface area contributed by atoms with Gasteiger partial charge in [-0.05, 0) is 67.1 Å². The number of rotatable bonds is 4. The van der Waals surface area contributed by atoms with Crippen molar-refractivity contribution in [3.05, 3.63) is 59.4 Å². The highest BCUT2D eigenvalue weighted by Gasteiger charge is 2.14. The van der Waals surface area contributed by atoms with E-state index in [0.29, 0.717) is 5.69 Å². The predicted octanol–water partition coefficient (Wildman–Crippen LogP) is 3.72. The second-order valence-corrected chi connectivity index (χ2v) is 5.44. The van der Waals surface area contributed by atoms with Gasteiger partial charge in [-0.15, -0.1) is 0 Å². The molecule has 0 aromatic heterocycles. The van der Waals surface area contributed by atoms with Crippen molar-refractivity contribution in [2.75, 3.05) is 11.9 Å². The molecule has 2 aromatic rings. The third kappa shape index (κ3) is 3.45. The van der Waals surface area contributed by atoms with Gasteiger partial charge in [-0.25, -0.2) is 4.39 Å². The van der Waals surface area contributed by atoms with Gasteiger partial charge >= 0.3 is 0 Å². The Balaban J connectivity index is 1.60. The molecule has 1 amide bonds. The van der Waals surface area contributed by atoms with Crippen LogP contribution in [0.15, 0.2) is 42.5 Å². The fraction of sp³-hybridized carbons (Fsp3) is 0.278. The van der Waals surface area contributed by atoms with Crippen LogP contribution in [0.3, 0.4) is 0 Å². The van der Waals surface area contributed by atoms with Crippen LogP contribution in [0.1, 0.15) is 24.0 Å². The highest BCUT2D eigenvalue weighted by molar-refractivity contribution is 5.91. The average molecular weight is 299 g/mol. The fourth-order valence-electron chi connectivity index (χ4n) is 2.76. The first kappa shape index (κ1) is 14.6. The topological polar surface area (TPSA) is 38.3 Å². The molecule has 2 aromatic carbocycles. The number of aryl methyl sites for hydroxylation is 1. The minimum atomic E-state index is -0.329. The van der Waals surface area contributed by atoms with Crippen LogP contribution in [-0.2, 0) is 17.6 Å². The Hall–Kier alpha value is -2.36. The molecule has 3 nitrogen and oxygen atoms in total. The molecule has 0 saturated carbocycles. The first-order valence-electron chi connectivity index (χ1n) is 7.51. The second-order valence-electron chi connectivity index (χ2n) is 5.44. The molecule has 0 bridgehead atoms. The summed E-state index contributed by atoms with van der Waals surface area (Å²) in [5.41, 5.74) is 3.11. The second kappa shape index (κ2) is 6.60. The van der Waals surface area contributed by atoms with Crippen LogP contribution in [0.25, 0.3) is 0 Å². The minimum absolute atomic E-state index is 0.0478. The van der Waals surface area contributed by atoms with Gasteiger partial charge in [0.05, 0.1) is 0 Å². The monoisotopic (exact) mass is 299 g/mol. The highest BCUT2D eigenvalue weighted by atomic mass is 19.1. The van der Waals surface area contributed by atoms with Crippen LogP contribution < -0.4 is 10.1 Å². The summed E-state index contributed by atoms with van der Waals surface area (Å²) in [6.45, 7) is -0.0478. The predicted molar refractivity (Wildman–Crippen MR) is 83.6 cm³/mol. The first-order valence-corrected chi connectivity index (χ1v) is 7.51. The molecule has 0 atom stereocenters. The van der Waals surface area contributed by atoms with Crippen LogP contribution in [0.5, 0.6) is 5.75 Å². The van der Waals surface area contributed by atoms with Gasteiger partial charge in [0.1, 0.15) is 11.6 Å². The van der Waals surface area contributed by atoms with Gasteiger partial charge in [0.25, 0.3) is 5.91 Å². The zero-order valence-electron chi connectivity index (χ0n) is 12.3. The lowest BCUT2D eigenvalue weighted by Crippen LogP contribution is -2.21. The Bertz CT molecular complexity index is 667. The summed E-state index contributed by atoms with van der Waals surface area (Å²) < 4.78 is 18.5. The smallest absolute Gasteiger partial charge is 0.262 e. The number of carbonyl (C=O) groups is 1. The average Bonchev–Trinajstić information content (AvgIpc) is 2.55. The number of ether oxygens (including phenoxy) is 1. The van der Waals surface area contributed by atoms with Crippen molar-refractivity contribution in [3.63, 3.8) is 0 Å². The Morgan fingerprint density at radius 1 is 1.09 bits per heavy atom. The van der Waals surface area contributed by atoms with Crippen molar-refractivity contribution in [1.29, 1.82) is 0 Å². The van der Waals surface area contributed by atoms with E-state index in [1.165, 1.54) is 41.8 Å². The summed E-state index contributed by atoms with van der Waals surface area (Å²) in [6.07, 6.45) is 4.45. The van der Waals surface area contributed by atoms with Crippen molar-refractivity contribution in [2.45, 2.75) is 25.7 Å². The third-order valence-electron chi connectivity index (χ3n) is 3.84. The van der Waals surface area contributed by atoms with Crippen molar-refractivity contribution in [1.82, 2.24) is 0 Å². The van der Waals surface area contributed by atoms with E-state index in [1.54, 1.807) is 0 Å². The number of anilines is 1. The summed E-state index contributed by atoms with van der Waals surface area (Å²) in [6, 6.07) is 11.7. The van der Waals surface area contributed by atoms with Crippen molar-refractivity contribution in [2.24, 2.45) is 0 Å². The quantitative estimate of drug-likeness (QED) is 0.934. The van der Waals surface area contributed by atoms with Gasteiger partial charge in [-0.2, -0.15) is 0 Å². The standard InChI is InChI=1S/C18H18FNO2/c19-14-8-10-15(11-9-14)20-18(21)12-22-17-7-3-5-13-4-1-2-6-16(13)17/h3,5,7-11H,1-2,4,6,12H2,(H,20,21). The van der Waals surface area contributed by atoms with Gasteiger partial charge < -0.3 is 10.1 Å². The van der Waals surface area contributed by atoms with Crippen molar-refractivity contribution >= 4 is 11.6 Å². The summed E-state index contributed by atoms with van der Waals surface area (Å²) in [4.78, 5) is 11.9. The molecular weight excluding hydrogens is 281 g/mol. The third-order valence-corrected chi connectivity index (χ3v) is 3.84. The van der Waals surface area contributed by atoms with E-state index < -0.39 is 0 Å². The fourth-order valence-corrected chi connectivity index (χ4v) is 2.76. The molecule has 114 valence electrons. The molecule has 0 heterocycles. The number of hydrogen-bond acceptors (Lipinski definition) is 2. The van der Waals surface area contributed by atoms with E-state index in [4.69, 9.17) is 4.74 Å². The van der Waals surface area contributed by atoms with E-state index in [9.17, 15) is 9.18 Å². The van der Waals surface area contributed by atoms with E-state index in [1.807, 2.05) is 12.1 Å². The lowest BCUT2D eigenvalue weighted by atomic mass is 9.91. The SMILES string of the molecule is O=C(COc1cccc2c1CCCC2)Nc1ccc(F)cc1. The molecule has 0 aliphatic heterocycles. The maximum atomic E-state index is 12.8. The van der Waals surface area contributed by atoms with Gasteiger partial charge in [0.15, 0.2) is 6.61 Å². The van der Waals surface area contributed by atoms with Gasteiger partial charge in [0, 0.05) is 5.69 Å². The highest BCUT2D eigenvalue weighted by Crippen LogP contribution is 2.29. The van der Waals surface area contributed by atoms with Crippen molar-refractivity contribution in [3.8, 4) is 5.75 Å². The molecule has 4 heteroatoms. The molecule has 0 saturated heterocycles. The Morgan fingerprint density at radius 2 is 1.86 bits per heavy atom. The Morgan fingerprint density at radius 3 is 2.68 bits per heavy atom. The van der Waals surface area contributed by atoms with E-state index in [0.717, 1.165) is 25.0 Å². The lowest BCUT2D eigenvalue weighted by molar-refractivity contribution is -0.118. The largest absolute Gasteiger partial charge is 0.483 e. The number of fused-ring (bicyclic) bond motifs is 1. The minimum Gasteiger partial charge on any atom is -0.483 e. The number of nitrogens with one attached hydrogen (secondary N) is 1. The van der Waals surface area contributed by atoms with Crippen LogP contribution in [0, 0.1) is 5.82 Å².